The van der Waals surface area contributed by atoms with E-state index < -0.39 is 0 Å². The average molecular weight is 343 g/mol. The van der Waals surface area contributed by atoms with E-state index >= 15 is 0 Å². The predicted octanol–water partition coefficient (Wildman–Crippen LogP) is 4.28. The van der Waals surface area contributed by atoms with Gasteiger partial charge >= 0.3 is 0 Å². The van der Waals surface area contributed by atoms with Crippen LogP contribution in [-0.4, -0.2) is 12.1 Å². The number of hydrogen-bond acceptors (Lipinski definition) is 2. The molecule has 0 atom stereocenters. The maximum atomic E-state index is 5.19. The van der Waals surface area contributed by atoms with Gasteiger partial charge in [0.1, 0.15) is 10.4 Å². The molecule has 16 heavy (non-hydrogen) atoms. The highest BCUT2D eigenvalue weighted by Gasteiger charge is 2.03. The van der Waals surface area contributed by atoms with Crippen LogP contribution in [0.15, 0.2) is 45.6 Å². The highest BCUT2D eigenvalue weighted by Crippen LogP contribution is 2.28. The number of benzene rings is 1. The van der Waals surface area contributed by atoms with Crippen molar-refractivity contribution in [1.82, 2.24) is 4.98 Å². The lowest BCUT2D eigenvalue weighted by molar-refractivity contribution is 0.415. The SMILES string of the molecule is COc1cccc(-c2cnc(Br)c(Br)c2)c1. The van der Waals surface area contributed by atoms with Crippen LogP contribution in [0.4, 0.5) is 0 Å². The monoisotopic (exact) mass is 341 g/mol. The number of aromatic nitrogens is 1. The van der Waals surface area contributed by atoms with Gasteiger partial charge in [-0.3, -0.25) is 0 Å². The Morgan fingerprint density at radius 1 is 1.12 bits per heavy atom. The Bertz CT molecular complexity index is 514. The van der Waals surface area contributed by atoms with Crippen molar-refractivity contribution in [3.63, 3.8) is 0 Å². The van der Waals surface area contributed by atoms with Gasteiger partial charge in [0.25, 0.3) is 0 Å². The number of rotatable bonds is 2. The zero-order valence-corrected chi connectivity index (χ0v) is 11.7. The zero-order chi connectivity index (χ0) is 11.5. The Kier molecular flexibility index (Phi) is 3.61. The summed E-state index contributed by atoms with van der Waals surface area (Å²) in [6, 6.07) is 9.91. The average Bonchev–Trinajstić information content (AvgIpc) is 2.33. The first-order valence-corrected chi connectivity index (χ1v) is 6.25. The van der Waals surface area contributed by atoms with Crippen molar-refractivity contribution < 1.29 is 4.74 Å². The van der Waals surface area contributed by atoms with Crippen LogP contribution in [0.25, 0.3) is 11.1 Å². The van der Waals surface area contributed by atoms with Crippen molar-refractivity contribution in [2.24, 2.45) is 0 Å². The minimum absolute atomic E-state index is 0.805. The molecule has 0 aliphatic carbocycles. The summed E-state index contributed by atoms with van der Waals surface area (Å²) in [7, 11) is 1.66. The van der Waals surface area contributed by atoms with E-state index in [1.165, 1.54) is 0 Å². The summed E-state index contributed by atoms with van der Waals surface area (Å²) in [6.07, 6.45) is 1.82. The topological polar surface area (TPSA) is 22.1 Å². The maximum Gasteiger partial charge on any atom is 0.120 e. The highest BCUT2D eigenvalue weighted by atomic mass is 79.9. The van der Waals surface area contributed by atoms with E-state index in [0.29, 0.717) is 0 Å². The molecule has 0 fully saturated rings. The molecule has 0 saturated carbocycles. The first-order chi connectivity index (χ1) is 7.70. The van der Waals surface area contributed by atoms with Crippen molar-refractivity contribution >= 4 is 31.9 Å². The molecule has 1 aromatic heterocycles. The molecule has 0 amide bonds. The third-order valence-electron chi connectivity index (χ3n) is 2.20. The fourth-order valence-electron chi connectivity index (χ4n) is 1.38. The molecule has 0 saturated heterocycles. The van der Waals surface area contributed by atoms with Crippen LogP contribution in [0, 0.1) is 0 Å². The van der Waals surface area contributed by atoms with Gasteiger partial charge in [0, 0.05) is 11.8 Å². The quantitative estimate of drug-likeness (QED) is 0.760. The molecule has 0 spiro atoms. The van der Waals surface area contributed by atoms with Gasteiger partial charge in [0.05, 0.1) is 11.6 Å². The fourth-order valence-corrected chi connectivity index (χ4v) is 1.95. The smallest absolute Gasteiger partial charge is 0.120 e. The third-order valence-corrected chi connectivity index (χ3v) is 3.97. The molecule has 82 valence electrons. The Hall–Kier alpha value is -0.870. The van der Waals surface area contributed by atoms with Crippen LogP contribution >= 0.6 is 31.9 Å². The normalized spacial score (nSPS) is 10.2. The Morgan fingerprint density at radius 2 is 1.94 bits per heavy atom. The van der Waals surface area contributed by atoms with Gasteiger partial charge in [-0.1, -0.05) is 12.1 Å². The number of methoxy groups -OCH3 is 1. The fraction of sp³-hybridized carbons (Fsp3) is 0.0833. The lowest BCUT2D eigenvalue weighted by Gasteiger charge is -2.05. The minimum Gasteiger partial charge on any atom is -0.497 e. The van der Waals surface area contributed by atoms with Crippen molar-refractivity contribution in [2.45, 2.75) is 0 Å². The van der Waals surface area contributed by atoms with Crippen LogP contribution in [0.3, 0.4) is 0 Å². The summed E-state index contributed by atoms with van der Waals surface area (Å²) in [4.78, 5) is 4.24. The molecular weight excluding hydrogens is 334 g/mol. The molecule has 0 N–H and O–H groups in total. The number of ether oxygens (including phenoxy) is 1. The summed E-state index contributed by atoms with van der Waals surface area (Å²) < 4.78 is 6.93. The van der Waals surface area contributed by atoms with Crippen molar-refractivity contribution in [3.05, 3.63) is 45.6 Å². The number of pyridine rings is 1. The summed E-state index contributed by atoms with van der Waals surface area (Å²) in [5.74, 6) is 0.844. The summed E-state index contributed by atoms with van der Waals surface area (Å²) in [5, 5.41) is 0. The first-order valence-electron chi connectivity index (χ1n) is 4.66. The van der Waals surface area contributed by atoms with Gasteiger partial charge in [-0.05, 0) is 55.6 Å². The second-order valence-corrected chi connectivity index (χ2v) is 4.83. The van der Waals surface area contributed by atoms with Crippen LogP contribution in [0.2, 0.25) is 0 Å². The van der Waals surface area contributed by atoms with Gasteiger partial charge in [-0.25, -0.2) is 4.98 Å². The number of hydrogen-bond donors (Lipinski definition) is 0. The summed E-state index contributed by atoms with van der Waals surface area (Å²) in [6.45, 7) is 0. The summed E-state index contributed by atoms with van der Waals surface area (Å²) >= 11 is 6.79. The Balaban J connectivity index is 2.46. The van der Waals surface area contributed by atoms with E-state index in [-0.39, 0.29) is 0 Å². The standard InChI is InChI=1S/C12H9Br2NO/c1-16-10-4-2-3-8(5-10)9-6-11(13)12(14)15-7-9/h2-7H,1H3. The Labute approximate surface area is 111 Å². The highest BCUT2D eigenvalue weighted by molar-refractivity contribution is 9.13. The lowest BCUT2D eigenvalue weighted by atomic mass is 10.1. The maximum absolute atomic E-state index is 5.19. The van der Waals surface area contributed by atoms with Crippen molar-refractivity contribution in [3.8, 4) is 16.9 Å². The second kappa shape index (κ2) is 4.97. The number of nitrogens with zero attached hydrogens (tertiary/aromatic N) is 1. The molecule has 2 aromatic rings. The lowest BCUT2D eigenvalue weighted by Crippen LogP contribution is -1.85. The molecule has 1 aromatic carbocycles. The van der Waals surface area contributed by atoms with Gasteiger partial charge < -0.3 is 4.74 Å². The first kappa shape index (κ1) is 11.6. The molecule has 1 heterocycles. The predicted molar refractivity (Wildman–Crippen MR) is 71.6 cm³/mol. The second-order valence-electron chi connectivity index (χ2n) is 3.23. The van der Waals surface area contributed by atoms with Crippen molar-refractivity contribution in [1.29, 1.82) is 0 Å². The molecule has 2 rings (SSSR count). The van der Waals surface area contributed by atoms with E-state index in [2.05, 4.69) is 36.8 Å². The molecule has 0 aliphatic rings. The summed E-state index contributed by atoms with van der Waals surface area (Å²) in [5.41, 5.74) is 2.13. The van der Waals surface area contributed by atoms with E-state index in [4.69, 9.17) is 4.74 Å². The zero-order valence-electron chi connectivity index (χ0n) is 8.58. The van der Waals surface area contributed by atoms with E-state index in [9.17, 15) is 0 Å². The largest absolute Gasteiger partial charge is 0.497 e. The molecular formula is C12H9Br2NO. The van der Waals surface area contributed by atoms with Gasteiger partial charge in [-0.15, -0.1) is 0 Å². The molecule has 0 bridgehead atoms. The van der Waals surface area contributed by atoms with Crippen molar-refractivity contribution in [2.75, 3.05) is 7.11 Å². The third kappa shape index (κ3) is 2.44. The van der Waals surface area contributed by atoms with E-state index in [1.807, 2.05) is 36.5 Å². The van der Waals surface area contributed by atoms with Crippen LogP contribution in [-0.2, 0) is 0 Å². The van der Waals surface area contributed by atoms with Gasteiger partial charge in [0.15, 0.2) is 0 Å². The van der Waals surface area contributed by atoms with Gasteiger partial charge in [-0.2, -0.15) is 0 Å². The minimum atomic E-state index is 0.805. The van der Waals surface area contributed by atoms with Crippen LogP contribution < -0.4 is 4.74 Å². The van der Waals surface area contributed by atoms with Gasteiger partial charge in [0.2, 0.25) is 0 Å². The molecule has 4 heteroatoms. The molecule has 2 nitrogen and oxygen atoms in total. The molecule has 0 aliphatic heterocycles. The van der Waals surface area contributed by atoms with E-state index in [1.54, 1.807) is 7.11 Å². The molecule has 0 unspecified atom stereocenters. The molecule has 0 radical (unpaired) electrons. The van der Waals surface area contributed by atoms with Crippen LogP contribution in [0.1, 0.15) is 0 Å². The number of halogens is 2. The van der Waals surface area contributed by atoms with E-state index in [0.717, 1.165) is 26.0 Å². The van der Waals surface area contributed by atoms with Crippen LogP contribution in [0.5, 0.6) is 5.75 Å². The Morgan fingerprint density at radius 3 is 2.62 bits per heavy atom.